The summed E-state index contributed by atoms with van der Waals surface area (Å²) in [6.45, 7) is 0.345. The van der Waals surface area contributed by atoms with E-state index in [4.69, 9.17) is 4.74 Å². The molecular weight excluding hydrogens is 263 g/mol. The highest BCUT2D eigenvalue weighted by Gasteiger charge is 2.22. The van der Waals surface area contributed by atoms with E-state index in [9.17, 15) is 14.3 Å². The van der Waals surface area contributed by atoms with Crippen molar-refractivity contribution in [3.63, 3.8) is 0 Å². The number of hydrogen-bond donors (Lipinski definition) is 3. The van der Waals surface area contributed by atoms with E-state index < -0.39 is 11.9 Å². The predicted molar refractivity (Wildman–Crippen MR) is 71.9 cm³/mol. The third kappa shape index (κ3) is 5.14. The number of ether oxygens (including phenoxy) is 1. The van der Waals surface area contributed by atoms with Crippen LogP contribution in [0.2, 0.25) is 0 Å². The highest BCUT2D eigenvalue weighted by atomic mass is 19.1. The Morgan fingerprint density at radius 2 is 2.20 bits per heavy atom. The van der Waals surface area contributed by atoms with Gasteiger partial charge in [-0.1, -0.05) is 12.1 Å². The molecule has 0 aliphatic heterocycles. The van der Waals surface area contributed by atoms with Crippen LogP contribution in [0.25, 0.3) is 0 Å². The van der Waals surface area contributed by atoms with E-state index in [1.807, 2.05) is 0 Å². The summed E-state index contributed by atoms with van der Waals surface area (Å²) in [4.78, 5) is 11.4. The summed E-state index contributed by atoms with van der Waals surface area (Å²) in [6, 6.07) is 6.35. The molecule has 0 bridgehead atoms. The second-order valence-electron chi connectivity index (χ2n) is 4.87. The normalized spacial score (nSPS) is 15.7. The topological polar surface area (TPSA) is 70.6 Å². The Morgan fingerprint density at radius 3 is 2.90 bits per heavy atom. The zero-order chi connectivity index (χ0) is 14.4. The summed E-state index contributed by atoms with van der Waals surface area (Å²) in [5.41, 5.74) is 0. The summed E-state index contributed by atoms with van der Waals surface area (Å²) in [5.74, 6) is -0.427. The highest BCUT2D eigenvalue weighted by Crippen LogP contribution is 2.18. The van der Waals surface area contributed by atoms with Gasteiger partial charge >= 0.3 is 0 Å². The van der Waals surface area contributed by atoms with Gasteiger partial charge in [0.2, 0.25) is 5.91 Å². The molecule has 0 saturated heterocycles. The largest absolute Gasteiger partial charge is 0.488 e. The fourth-order valence-corrected chi connectivity index (χ4v) is 1.67. The van der Waals surface area contributed by atoms with Gasteiger partial charge in [-0.15, -0.1) is 0 Å². The van der Waals surface area contributed by atoms with E-state index in [2.05, 4.69) is 10.6 Å². The third-order valence-electron chi connectivity index (χ3n) is 2.88. The Hall–Kier alpha value is -1.66. The number of hydrogen-bond acceptors (Lipinski definition) is 4. The van der Waals surface area contributed by atoms with E-state index in [0.29, 0.717) is 6.04 Å². The van der Waals surface area contributed by atoms with Crippen molar-refractivity contribution < 1.29 is 19.0 Å². The summed E-state index contributed by atoms with van der Waals surface area (Å²) < 4.78 is 18.4. The van der Waals surface area contributed by atoms with Crippen LogP contribution in [0.15, 0.2) is 24.3 Å². The minimum Gasteiger partial charge on any atom is -0.488 e. The predicted octanol–water partition coefficient (Wildman–Crippen LogP) is 0.434. The number of aliphatic hydroxyl groups is 1. The minimum atomic E-state index is -0.802. The summed E-state index contributed by atoms with van der Waals surface area (Å²) >= 11 is 0. The van der Waals surface area contributed by atoms with Crippen molar-refractivity contribution in [2.24, 2.45) is 0 Å². The summed E-state index contributed by atoms with van der Waals surface area (Å²) in [5, 5.41) is 15.3. The Bertz CT molecular complexity index is 452. The smallest absolute Gasteiger partial charge is 0.234 e. The van der Waals surface area contributed by atoms with Gasteiger partial charge in [0.25, 0.3) is 0 Å². The molecule has 1 aliphatic rings. The summed E-state index contributed by atoms with van der Waals surface area (Å²) in [6.07, 6.45) is 1.29. The number of para-hydroxylation sites is 1. The highest BCUT2D eigenvalue weighted by molar-refractivity contribution is 5.78. The van der Waals surface area contributed by atoms with Crippen LogP contribution >= 0.6 is 0 Å². The Kier molecular flexibility index (Phi) is 5.31. The molecule has 6 heteroatoms. The van der Waals surface area contributed by atoms with Crippen LogP contribution in [0.3, 0.4) is 0 Å². The van der Waals surface area contributed by atoms with Crippen molar-refractivity contribution in [1.82, 2.24) is 10.6 Å². The number of aliphatic hydroxyl groups excluding tert-OH is 1. The van der Waals surface area contributed by atoms with Crippen molar-refractivity contribution >= 4 is 5.91 Å². The second-order valence-corrected chi connectivity index (χ2v) is 4.87. The van der Waals surface area contributed by atoms with Gasteiger partial charge in [-0.2, -0.15) is 0 Å². The van der Waals surface area contributed by atoms with Gasteiger partial charge in [0.05, 0.1) is 6.54 Å². The fourth-order valence-electron chi connectivity index (χ4n) is 1.67. The van der Waals surface area contributed by atoms with Crippen LogP contribution in [0.1, 0.15) is 12.8 Å². The van der Waals surface area contributed by atoms with Crippen LogP contribution in [-0.2, 0) is 4.79 Å². The maximum Gasteiger partial charge on any atom is 0.234 e. The van der Waals surface area contributed by atoms with Gasteiger partial charge in [-0.3, -0.25) is 4.79 Å². The molecule has 20 heavy (non-hydrogen) atoms. The average molecular weight is 282 g/mol. The lowest BCUT2D eigenvalue weighted by Crippen LogP contribution is -2.39. The Balaban J connectivity index is 1.59. The first-order valence-corrected chi connectivity index (χ1v) is 6.70. The van der Waals surface area contributed by atoms with Gasteiger partial charge < -0.3 is 20.5 Å². The molecule has 3 N–H and O–H groups in total. The molecule has 5 nitrogen and oxygen atoms in total. The molecule has 2 rings (SSSR count). The maximum atomic E-state index is 13.3. The maximum absolute atomic E-state index is 13.3. The SMILES string of the molecule is O=C(CNCC(O)COc1ccccc1F)NC1CC1. The molecule has 1 unspecified atom stereocenters. The van der Waals surface area contributed by atoms with Crippen molar-refractivity contribution in [3.05, 3.63) is 30.1 Å². The second kappa shape index (κ2) is 7.21. The average Bonchev–Trinajstić information content (AvgIpc) is 3.21. The molecule has 0 heterocycles. The van der Waals surface area contributed by atoms with Crippen LogP contribution in [0.5, 0.6) is 5.75 Å². The van der Waals surface area contributed by atoms with Crippen LogP contribution < -0.4 is 15.4 Å². The number of halogens is 1. The lowest BCUT2D eigenvalue weighted by molar-refractivity contribution is -0.120. The van der Waals surface area contributed by atoms with E-state index in [0.717, 1.165) is 12.8 Å². The van der Waals surface area contributed by atoms with Crippen molar-refractivity contribution in [3.8, 4) is 5.75 Å². The van der Waals surface area contributed by atoms with Crippen LogP contribution in [-0.4, -0.2) is 42.9 Å². The molecule has 0 radical (unpaired) electrons. The number of nitrogens with one attached hydrogen (secondary N) is 2. The molecule has 1 saturated carbocycles. The number of carbonyl (C=O) groups excluding carboxylic acids is 1. The third-order valence-corrected chi connectivity index (χ3v) is 2.88. The van der Waals surface area contributed by atoms with Gasteiger partial charge in [0.1, 0.15) is 12.7 Å². The van der Waals surface area contributed by atoms with E-state index >= 15 is 0 Å². The van der Waals surface area contributed by atoms with Gasteiger partial charge in [-0.05, 0) is 25.0 Å². The van der Waals surface area contributed by atoms with Crippen LogP contribution in [0.4, 0.5) is 4.39 Å². The first-order valence-electron chi connectivity index (χ1n) is 6.70. The number of benzene rings is 1. The van der Waals surface area contributed by atoms with E-state index in [-0.39, 0.29) is 31.4 Å². The molecule has 1 amide bonds. The molecule has 0 aromatic heterocycles. The molecule has 1 aromatic rings. The molecular formula is C14H19FN2O3. The Morgan fingerprint density at radius 1 is 1.45 bits per heavy atom. The van der Waals surface area contributed by atoms with Gasteiger partial charge in [0.15, 0.2) is 11.6 Å². The lowest BCUT2D eigenvalue weighted by Gasteiger charge is -2.13. The molecule has 1 aromatic carbocycles. The first kappa shape index (κ1) is 14.7. The van der Waals surface area contributed by atoms with Gasteiger partial charge in [-0.25, -0.2) is 4.39 Å². The van der Waals surface area contributed by atoms with Crippen molar-refractivity contribution in [1.29, 1.82) is 0 Å². The quantitative estimate of drug-likeness (QED) is 0.647. The summed E-state index contributed by atoms with van der Waals surface area (Å²) in [7, 11) is 0. The standard InChI is InChI=1S/C14H19FN2O3/c15-12-3-1-2-4-13(12)20-9-11(18)7-16-8-14(19)17-10-5-6-10/h1-4,10-11,16,18H,5-9H2,(H,17,19). The Labute approximate surface area is 117 Å². The van der Waals surface area contributed by atoms with E-state index in [1.54, 1.807) is 12.1 Å². The molecule has 1 fully saturated rings. The number of carbonyl (C=O) groups is 1. The minimum absolute atomic E-state index is 0.0296. The van der Waals surface area contributed by atoms with Crippen molar-refractivity contribution in [2.75, 3.05) is 19.7 Å². The van der Waals surface area contributed by atoms with Crippen molar-refractivity contribution in [2.45, 2.75) is 25.0 Å². The molecule has 1 aliphatic carbocycles. The van der Waals surface area contributed by atoms with Crippen LogP contribution in [0, 0.1) is 5.82 Å². The monoisotopic (exact) mass is 282 g/mol. The first-order chi connectivity index (χ1) is 9.65. The zero-order valence-electron chi connectivity index (χ0n) is 11.1. The molecule has 0 spiro atoms. The molecule has 110 valence electrons. The molecule has 1 atom stereocenters. The zero-order valence-corrected chi connectivity index (χ0v) is 11.1. The van der Waals surface area contributed by atoms with Gasteiger partial charge in [0, 0.05) is 12.6 Å². The number of amides is 1. The van der Waals surface area contributed by atoms with E-state index in [1.165, 1.54) is 12.1 Å². The lowest BCUT2D eigenvalue weighted by atomic mass is 10.3. The fraction of sp³-hybridized carbons (Fsp3) is 0.500. The number of rotatable bonds is 8.